The first-order valence-electron chi connectivity index (χ1n) is 7.15. The first kappa shape index (κ1) is 16.2. The van der Waals surface area contributed by atoms with Gasteiger partial charge in [-0.1, -0.05) is 18.2 Å². The fourth-order valence-electron chi connectivity index (χ4n) is 2.50. The minimum Gasteiger partial charge on any atom is -0.403 e. The smallest absolute Gasteiger partial charge is 0.223 e. The van der Waals surface area contributed by atoms with Crippen molar-refractivity contribution < 1.29 is 9.53 Å². The van der Waals surface area contributed by atoms with Crippen molar-refractivity contribution in [3.8, 4) is 0 Å². The summed E-state index contributed by atoms with van der Waals surface area (Å²) in [7, 11) is 1.61. The van der Waals surface area contributed by atoms with Gasteiger partial charge in [-0.3, -0.25) is 10.6 Å². The molecule has 2 aromatic heterocycles. The first-order chi connectivity index (χ1) is 11.7. The summed E-state index contributed by atoms with van der Waals surface area (Å²) in [6.45, 7) is 0.369. The summed E-state index contributed by atoms with van der Waals surface area (Å²) in [6, 6.07) is 7.69. The normalized spacial score (nSPS) is 11.8. The molecule has 3 rings (SSSR count). The quantitative estimate of drug-likeness (QED) is 0.357. The van der Waals surface area contributed by atoms with Crippen LogP contribution in [0, 0.1) is 0 Å². The fraction of sp³-hybridized carbons (Fsp3) is 0.125. The van der Waals surface area contributed by atoms with Gasteiger partial charge in [-0.2, -0.15) is 0 Å². The van der Waals surface area contributed by atoms with Gasteiger partial charge in [0.15, 0.2) is 5.01 Å². The average molecular weight is 343 g/mol. The van der Waals surface area contributed by atoms with Crippen molar-refractivity contribution in [1.82, 2.24) is 15.0 Å². The number of methoxy groups -OCH3 is 1. The summed E-state index contributed by atoms with van der Waals surface area (Å²) in [5.41, 5.74) is 10.5. The minimum absolute atomic E-state index is 0.148. The van der Waals surface area contributed by atoms with Crippen LogP contribution in [0.15, 0.2) is 42.0 Å². The Labute approximate surface area is 142 Å². The van der Waals surface area contributed by atoms with E-state index in [0.29, 0.717) is 28.7 Å². The summed E-state index contributed by atoms with van der Waals surface area (Å²) < 4.78 is 7.09. The maximum Gasteiger partial charge on any atom is 0.223 e. The van der Waals surface area contributed by atoms with E-state index in [1.807, 2.05) is 28.8 Å². The number of thiazole rings is 1. The third-order valence-corrected chi connectivity index (χ3v) is 4.44. The summed E-state index contributed by atoms with van der Waals surface area (Å²) in [5, 5.41) is 2.97. The molecule has 0 bridgehead atoms. The number of ketones is 1. The van der Waals surface area contributed by atoms with Gasteiger partial charge in [-0.15, -0.1) is 11.3 Å². The third kappa shape index (κ3) is 2.78. The lowest BCUT2D eigenvalue weighted by Gasteiger charge is -2.01. The number of nitrogens with two attached hydrogens (primary N) is 2. The van der Waals surface area contributed by atoms with Crippen molar-refractivity contribution in [2.45, 2.75) is 6.73 Å². The van der Waals surface area contributed by atoms with Crippen LogP contribution in [0.4, 0.5) is 0 Å². The minimum atomic E-state index is -0.148. The molecule has 0 aliphatic rings. The van der Waals surface area contributed by atoms with E-state index in [9.17, 15) is 4.79 Å². The topological polar surface area (TPSA) is 108 Å². The predicted molar refractivity (Wildman–Crippen MR) is 94.0 cm³/mol. The molecule has 8 heteroatoms. The molecular formula is C16H17N5O2S. The molecule has 3 aromatic rings. The molecule has 0 spiro atoms. The molecule has 124 valence electrons. The monoisotopic (exact) mass is 343 g/mol. The molecule has 2 heterocycles. The number of aromatic nitrogens is 2. The largest absolute Gasteiger partial charge is 0.403 e. The molecule has 0 radical (unpaired) electrons. The second-order valence-corrected chi connectivity index (χ2v) is 5.90. The number of para-hydroxylation sites is 1. The van der Waals surface area contributed by atoms with Crippen LogP contribution in [-0.2, 0) is 11.5 Å². The lowest BCUT2D eigenvalue weighted by molar-refractivity contribution is 0.103. The lowest BCUT2D eigenvalue weighted by Crippen LogP contribution is -2.21. The van der Waals surface area contributed by atoms with Gasteiger partial charge in [0, 0.05) is 30.3 Å². The van der Waals surface area contributed by atoms with Crippen LogP contribution in [0.2, 0.25) is 0 Å². The van der Waals surface area contributed by atoms with Gasteiger partial charge in [0.1, 0.15) is 12.4 Å². The number of benzene rings is 1. The number of ether oxygens (including phenoxy) is 1. The van der Waals surface area contributed by atoms with E-state index in [-0.39, 0.29) is 5.78 Å². The highest BCUT2D eigenvalue weighted by Crippen LogP contribution is 2.26. The van der Waals surface area contributed by atoms with E-state index in [0.717, 1.165) is 10.9 Å². The van der Waals surface area contributed by atoms with Crippen molar-refractivity contribution in [1.29, 1.82) is 0 Å². The molecule has 0 aliphatic heterocycles. The number of hydrazine groups is 1. The number of carbonyl (C=O) groups is 1. The average Bonchev–Trinajstić information content (AvgIpc) is 3.22. The van der Waals surface area contributed by atoms with E-state index in [1.165, 1.54) is 17.5 Å². The van der Waals surface area contributed by atoms with E-state index in [1.54, 1.807) is 18.7 Å². The zero-order valence-electron chi connectivity index (χ0n) is 13.0. The Balaban J connectivity index is 2.03. The Morgan fingerprint density at radius 3 is 2.96 bits per heavy atom. The van der Waals surface area contributed by atoms with Crippen molar-refractivity contribution in [2.75, 3.05) is 7.11 Å². The van der Waals surface area contributed by atoms with Gasteiger partial charge < -0.3 is 20.5 Å². The van der Waals surface area contributed by atoms with E-state index in [2.05, 4.69) is 10.4 Å². The van der Waals surface area contributed by atoms with Crippen LogP contribution in [0.25, 0.3) is 16.6 Å². The Kier molecular flexibility index (Phi) is 4.61. The molecule has 0 amide bonds. The number of nitrogens with one attached hydrogen (secondary N) is 1. The van der Waals surface area contributed by atoms with Crippen LogP contribution < -0.4 is 17.0 Å². The van der Waals surface area contributed by atoms with Gasteiger partial charge in [-0.05, 0) is 6.07 Å². The molecule has 5 N–H and O–H groups in total. The van der Waals surface area contributed by atoms with Gasteiger partial charge in [-0.25, -0.2) is 4.98 Å². The Morgan fingerprint density at radius 2 is 2.25 bits per heavy atom. The van der Waals surface area contributed by atoms with Gasteiger partial charge in [0.05, 0.1) is 16.8 Å². The Hall–Kier alpha value is -2.68. The van der Waals surface area contributed by atoms with Crippen LogP contribution >= 0.6 is 11.3 Å². The van der Waals surface area contributed by atoms with Gasteiger partial charge >= 0.3 is 0 Å². The molecule has 0 aliphatic carbocycles. The first-order valence-corrected chi connectivity index (χ1v) is 8.03. The highest BCUT2D eigenvalue weighted by atomic mass is 32.1. The molecule has 0 atom stereocenters. The van der Waals surface area contributed by atoms with E-state index < -0.39 is 0 Å². The molecule has 7 nitrogen and oxygen atoms in total. The number of hydrogen-bond acceptors (Lipinski definition) is 7. The predicted octanol–water partition coefficient (Wildman–Crippen LogP) is 1.65. The zero-order valence-corrected chi connectivity index (χ0v) is 13.8. The van der Waals surface area contributed by atoms with Crippen molar-refractivity contribution in [3.05, 3.63) is 58.3 Å². The second kappa shape index (κ2) is 6.83. The van der Waals surface area contributed by atoms with Crippen molar-refractivity contribution in [3.63, 3.8) is 0 Å². The van der Waals surface area contributed by atoms with Crippen LogP contribution in [0.5, 0.6) is 0 Å². The number of carbonyl (C=O) groups excluding carboxylic acids is 1. The number of hydrogen-bond donors (Lipinski definition) is 3. The molecule has 0 fully saturated rings. The molecular weight excluding hydrogens is 326 g/mol. The SMILES string of the molecule is COCn1cc(C(=O)c2nc(/C(=C/N)NN)cs2)c2ccccc21. The summed E-state index contributed by atoms with van der Waals surface area (Å²) >= 11 is 1.25. The second-order valence-electron chi connectivity index (χ2n) is 5.04. The summed E-state index contributed by atoms with van der Waals surface area (Å²) in [6.07, 6.45) is 3.10. The molecule has 1 aromatic carbocycles. The van der Waals surface area contributed by atoms with Crippen molar-refractivity contribution in [2.24, 2.45) is 11.6 Å². The number of rotatable bonds is 6. The van der Waals surface area contributed by atoms with E-state index >= 15 is 0 Å². The maximum atomic E-state index is 12.9. The van der Waals surface area contributed by atoms with Crippen LogP contribution in [-0.4, -0.2) is 22.4 Å². The number of nitrogens with zero attached hydrogens (tertiary/aromatic N) is 2. The zero-order chi connectivity index (χ0) is 17.1. The Bertz CT molecular complexity index is 912. The third-order valence-electron chi connectivity index (χ3n) is 3.60. The maximum absolute atomic E-state index is 12.9. The van der Waals surface area contributed by atoms with Crippen LogP contribution in [0.3, 0.4) is 0 Å². The van der Waals surface area contributed by atoms with Crippen LogP contribution in [0.1, 0.15) is 21.1 Å². The van der Waals surface area contributed by atoms with E-state index in [4.69, 9.17) is 16.3 Å². The summed E-state index contributed by atoms with van der Waals surface area (Å²) in [4.78, 5) is 17.2. The fourth-order valence-corrected chi connectivity index (χ4v) is 3.27. The molecule has 0 unspecified atom stereocenters. The Morgan fingerprint density at radius 1 is 1.46 bits per heavy atom. The molecule has 24 heavy (non-hydrogen) atoms. The number of fused-ring (bicyclic) bond motifs is 1. The van der Waals surface area contributed by atoms with Crippen molar-refractivity contribution >= 4 is 33.7 Å². The lowest BCUT2D eigenvalue weighted by atomic mass is 10.1. The highest BCUT2D eigenvalue weighted by molar-refractivity contribution is 7.12. The van der Waals surface area contributed by atoms with Gasteiger partial charge in [0.25, 0.3) is 0 Å². The standard InChI is InChI=1S/C16H17N5O2S/c1-23-9-21-7-11(10-4-2-3-5-14(10)21)15(22)16-19-13(8-24-16)12(6-17)20-18/h2-8,20H,9,17-18H2,1H3/b12-6-. The summed E-state index contributed by atoms with van der Waals surface area (Å²) in [5.74, 6) is 5.24. The van der Waals surface area contributed by atoms with Gasteiger partial charge in [0.2, 0.25) is 5.78 Å². The molecule has 0 saturated heterocycles. The molecule has 0 saturated carbocycles. The highest BCUT2D eigenvalue weighted by Gasteiger charge is 2.20.